The van der Waals surface area contributed by atoms with E-state index >= 15 is 0 Å². The number of nitrogens with zero attached hydrogens (tertiary/aromatic N) is 1. The molecule has 0 spiro atoms. The summed E-state index contributed by atoms with van der Waals surface area (Å²) in [5, 5.41) is 3.47. The lowest BCUT2D eigenvalue weighted by Crippen LogP contribution is -2.15. The van der Waals surface area contributed by atoms with Crippen LogP contribution < -0.4 is 10.1 Å². The minimum atomic E-state index is 0.713. The van der Waals surface area contributed by atoms with Gasteiger partial charge in [0.2, 0.25) is 0 Å². The van der Waals surface area contributed by atoms with E-state index in [-0.39, 0.29) is 0 Å². The molecular formula is C14H18N2O. The van der Waals surface area contributed by atoms with Crippen LogP contribution in [0.5, 0.6) is 5.75 Å². The zero-order chi connectivity index (χ0) is 11.7. The third-order valence-corrected chi connectivity index (χ3v) is 3.91. The monoisotopic (exact) mass is 230 g/mol. The smallest absolute Gasteiger partial charge is 0.137 e. The van der Waals surface area contributed by atoms with E-state index in [1.54, 1.807) is 13.3 Å². The number of hydrogen-bond acceptors (Lipinski definition) is 3. The van der Waals surface area contributed by atoms with Gasteiger partial charge in [-0.05, 0) is 48.4 Å². The van der Waals surface area contributed by atoms with Gasteiger partial charge >= 0.3 is 0 Å². The Balaban J connectivity index is 1.88. The van der Waals surface area contributed by atoms with Crippen LogP contribution in [-0.2, 0) is 0 Å². The van der Waals surface area contributed by atoms with Crippen LogP contribution in [0.1, 0.15) is 18.4 Å². The molecule has 1 N–H and O–H groups in total. The minimum Gasteiger partial charge on any atom is -0.495 e. The Hall–Kier alpha value is -1.35. The maximum Gasteiger partial charge on any atom is 0.137 e. The van der Waals surface area contributed by atoms with E-state index in [9.17, 15) is 0 Å². The Morgan fingerprint density at radius 1 is 1.35 bits per heavy atom. The summed E-state index contributed by atoms with van der Waals surface area (Å²) in [6.45, 7) is 2.32. The number of ether oxygens (including phenoxy) is 1. The number of rotatable bonds is 2. The molecule has 3 nitrogen and oxygen atoms in total. The summed E-state index contributed by atoms with van der Waals surface area (Å²) in [4.78, 5) is 4.23. The zero-order valence-electron chi connectivity index (χ0n) is 10.1. The highest BCUT2D eigenvalue weighted by Crippen LogP contribution is 2.36. The Kier molecular flexibility index (Phi) is 2.85. The molecule has 17 heavy (non-hydrogen) atoms. The Morgan fingerprint density at radius 3 is 3.18 bits per heavy atom. The van der Waals surface area contributed by atoms with Gasteiger partial charge in [0.1, 0.15) is 5.75 Å². The fourth-order valence-corrected chi connectivity index (χ4v) is 2.89. The van der Waals surface area contributed by atoms with Gasteiger partial charge in [0.15, 0.2) is 0 Å². The number of fused-ring (bicyclic) bond motifs is 1. The molecule has 0 aromatic carbocycles. The molecule has 2 atom stereocenters. The van der Waals surface area contributed by atoms with E-state index in [0.29, 0.717) is 5.92 Å². The number of allylic oxidation sites excluding steroid dienone is 1. The molecule has 0 radical (unpaired) electrons. The predicted molar refractivity (Wildman–Crippen MR) is 67.8 cm³/mol. The lowest BCUT2D eigenvalue weighted by atomic mass is 9.81. The first-order valence-electron chi connectivity index (χ1n) is 6.27. The molecule has 0 saturated carbocycles. The average molecular weight is 230 g/mol. The summed E-state index contributed by atoms with van der Waals surface area (Å²) in [6.07, 6.45) is 8.59. The largest absolute Gasteiger partial charge is 0.495 e. The molecule has 1 aliphatic heterocycles. The van der Waals surface area contributed by atoms with Crippen molar-refractivity contribution in [2.45, 2.75) is 12.8 Å². The van der Waals surface area contributed by atoms with E-state index in [1.807, 2.05) is 6.20 Å². The summed E-state index contributed by atoms with van der Waals surface area (Å²) in [5.74, 6) is 2.40. The van der Waals surface area contributed by atoms with Crippen LogP contribution in [0.3, 0.4) is 0 Å². The third-order valence-electron chi connectivity index (χ3n) is 3.91. The van der Waals surface area contributed by atoms with Crippen LogP contribution in [0.2, 0.25) is 0 Å². The summed E-state index contributed by atoms with van der Waals surface area (Å²) in [6, 6.07) is 2.08. The lowest BCUT2D eigenvalue weighted by molar-refractivity contribution is 0.412. The molecule has 0 bridgehead atoms. The van der Waals surface area contributed by atoms with Gasteiger partial charge in [0, 0.05) is 12.7 Å². The van der Waals surface area contributed by atoms with E-state index in [4.69, 9.17) is 4.74 Å². The standard InChI is InChI=1S/C14H18N2O/c1-17-14-5-13(8-16-9-14)10-2-3-11-6-15-7-12(11)4-10/h4-5,8-9,11-12,15H,2-3,6-7H2,1H3. The maximum absolute atomic E-state index is 5.23. The summed E-state index contributed by atoms with van der Waals surface area (Å²) >= 11 is 0. The zero-order valence-corrected chi connectivity index (χ0v) is 10.1. The average Bonchev–Trinajstić information content (AvgIpc) is 2.86. The van der Waals surface area contributed by atoms with E-state index in [1.165, 1.54) is 24.1 Å². The fraction of sp³-hybridized carbons (Fsp3) is 0.500. The van der Waals surface area contributed by atoms with Crippen molar-refractivity contribution in [1.82, 2.24) is 10.3 Å². The number of aromatic nitrogens is 1. The van der Waals surface area contributed by atoms with Gasteiger partial charge in [-0.15, -0.1) is 0 Å². The van der Waals surface area contributed by atoms with Gasteiger partial charge in [0.05, 0.1) is 13.3 Å². The number of hydrogen-bond donors (Lipinski definition) is 1. The maximum atomic E-state index is 5.23. The molecule has 1 fully saturated rings. The number of nitrogens with one attached hydrogen (secondary N) is 1. The number of pyridine rings is 1. The molecule has 2 heterocycles. The van der Waals surface area contributed by atoms with E-state index < -0.39 is 0 Å². The van der Waals surface area contributed by atoms with E-state index in [0.717, 1.165) is 24.6 Å². The van der Waals surface area contributed by atoms with Crippen molar-refractivity contribution in [3.05, 3.63) is 30.1 Å². The molecule has 2 unspecified atom stereocenters. The predicted octanol–water partition coefficient (Wildman–Crippen LogP) is 2.10. The second-order valence-corrected chi connectivity index (χ2v) is 4.93. The van der Waals surface area contributed by atoms with Crippen LogP contribution >= 0.6 is 0 Å². The summed E-state index contributed by atoms with van der Waals surface area (Å²) in [5.41, 5.74) is 2.65. The molecule has 0 amide bonds. The lowest BCUT2D eigenvalue weighted by Gasteiger charge is -2.23. The Labute approximate surface area is 102 Å². The Morgan fingerprint density at radius 2 is 2.29 bits per heavy atom. The van der Waals surface area contributed by atoms with Crippen molar-refractivity contribution in [3.8, 4) is 5.75 Å². The molecule has 1 aromatic rings. The second-order valence-electron chi connectivity index (χ2n) is 4.93. The van der Waals surface area contributed by atoms with Crippen LogP contribution in [0.4, 0.5) is 0 Å². The molecule has 3 heteroatoms. The van der Waals surface area contributed by atoms with Crippen LogP contribution in [-0.4, -0.2) is 25.2 Å². The number of methoxy groups -OCH3 is 1. The fourth-order valence-electron chi connectivity index (χ4n) is 2.89. The first-order valence-corrected chi connectivity index (χ1v) is 6.27. The van der Waals surface area contributed by atoms with Gasteiger partial charge in [-0.25, -0.2) is 0 Å². The molecule has 1 saturated heterocycles. The van der Waals surface area contributed by atoms with Gasteiger partial charge in [0.25, 0.3) is 0 Å². The van der Waals surface area contributed by atoms with Crippen molar-refractivity contribution in [3.63, 3.8) is 0 Å². The van der Waals surface area contributed by atoms with Crippen LogP contribution in [0.15, 0.2) is 24.5 Å². The SMILES string of the molecule is COc1cncc(C2=CC3CNCC3CC2)c1. The van der Waals surface area contributed by atoms with Gasteiger partial charge in [-0.3, -0.25) is 4.98 Å². The van der Waals surface area contributed by atoms with Crippen molar-refractivity contribution in [2.24, 2.45) is 11.8 Å². The van der Waals surface area contributed by atoms with E-state index in [2.05, 4.69) is 22.4 Å². The molecule has 1 aromatic heterocycles. The highest BCUT2D eigenvalue weighted by Gasteiger charge is 2.29. The van der Waals surface area contributed by atoms with Gasteiger partial charge in [-0.2, -0.15) is 0 Å². The first-order chi connectivity index (χ1) is 8.36. The van der Waals surface area contributed by atoms with Crippen molar-refractivity contribution < 1.29 is 4.74 Å². The minimum absolute atomic E-state index is 0.713. The van der Waals surface area contributed by atoms with Crippen molar-refractivity contribution >= 4 is 5.57 Å². The second kappa shape index (κ2) is 4.49. The van der Waals surface area contributed by atoms with Crippen LogP contribution in [0, 0.1) is 11.8 Å². The third kappa shape index (κ3) is 2.07. The highest BCUT2D eigenvalue weighted by molar-refractivity contribution is 5.67. The first kappa shape index (κ1) is 10.8. The quantitative estimate of drug-likeness (QED) is 0.845. The van der Waals surface area contributed by atoms with Crippen molar-refractivity contribution in [2.75, 3.05) is 20.2 Å². The van der Waals surface area contributed by atoms with Crippen molar-refractivity contribution in [1.29, 1.82) is 0 Å². The van der Waals surface area contributed by atoms with Gasteiger partial charge in [-0.1, -0.05) is 6.08 Å². The normalized spacial score (nSPS) is 27.5. The molecule has 3 rings (SSSR count). The van der Waals surface area contributed by atoms with Crippen LogP contribution in [0.25, 0.3) is 5.57 Å². The molecular weight excluding hydrogens is 212 g/mol. The van der Waals surface area contributed by atoms with Gasteiger partial charge < -0.3 is 10.1 Å². The highest BCUT2D eigenvalue weighted by atomic mass is 16.5. The molecule has 1 aliphatic carbocycles. The topological polar surface area (TPSA) is 34.1 Å². The molecule has 2 aliphatic rings. The Bertz CT molecular complexity index is 442. The summed E-state index contributed by atoms with van der Waals surface area (Å²) in [7, 11) is 1.69. The molecule has 90 valence electrons. The summed E-state index contributed by atoms with van der Waals surface area (Å²) < 4.78 is 5.23.